The maximum atomic E-state index is 12.4. The van der Waals surface area contributed by atoms with E-state index in [-0.39, 0.29) is 12.0 Å². The smallest absolute Gasteiger partial charge is 0.256 e. The number of piperidine rings is 1. The van der Waals surface area contributed by atoms with E-state index in [1.54, 1.807) is 12.1 Å². The van der Waals surface area contributed by atoms with Crippen molar-refractivity contribution in [2.45, 2.75) is 25.9 Å². The standard InChI is InChI=1S/C14H20N2O2/c1-2-18-11-6-5-9-16(10-11)14(17)12-7-3-4-8-13(12)15/h3-4,7-8,11H,2,5-6,9-10,15H2,1H3. The second-order valence-electron chi connectivity index (χ2n) is 4.56. The molecule has 0 radical (unpaired) electrons. The maximum Gasteiger partial charge on any atom is 0.256 e. The van der Waals surface area contributed by atoms with Crippen LogP contribution in [0.15, 0.2) is 24.3 Å². The van der Waals surface area contributed by atoms with Gasteiger partial charge in [0.25, 0.3) is 5.91 Å². The molecule has 2 N–H and O–H groups in total. The normalized spacial score (nSPS) is 19.8. The molecule has 1 fully saturated rings. The van der Waals surface area contributed by atoms with Crippen LogP contribution in [-0.2, 0) is 4.74 Å². The van der Waals surface area contributed by atoms with Gasteiger partial charge in [-0.05, 0) is 31.9 Å². The Kier molecular flexibility index (Phi) is 4.20. The van der Waals surface area contributed by atoms with Gasteiger partial charge in [-0.1, -0.05) is 12.1 Å². The van der Waals surface area contributed by atoms with Gasteiger partial charge in [-0.3, -0.25) is 4.79 Å². The highest BCUT2D eigenvalue weighted by Gasteiger charge is 2.25. The van der Waals surface area contributed by atoms with E-state index in [9.17, 15) is 4.79 Å². The monoisotopic (exact) mass is 248 g/mol. The fourth-order valence-corrected chi connectivity index (χ4v) is 2.36. The summed E-state index contributed by atoms with van der Waals surface area (Å²) in [5.41, 5.74) is 6.98. The van der Waals surface area contributed by atoms with Crippen LogP contribution >= 0.6 is 0 Å². The fourth-order valence-electron chi connectivity index (χ4n) is 2.36. The Morgan fingerprint density at radius 3 is 3.00 bits per heavy atom. The molecule has 1 heterocycles. The van der Waals surface area contributed by atoms with E-state index in [1.807, 2.05) is 24.0 Å². The molecule has 1 aliphatic rings. The lowest BCUT2D eigenvalue weighted by molar-refractivity contribution is 0.00728. The van der Waals surface area contributed by atoms with E-state index in [0.29, 0.717) is 24.4 Å². The number of rotatable bonds is 3. The number of amides is 1. The van der Waals surface area contributed by atoms with Crippen LogP contribution in [-0.4, -0.2) is 36.6 Å². The summed E-state index contributed by atoms with van der Waals surface area (Å²) < 4.78 is 5.60. The molecule has 98 valence electrons. The van der Waals surface area contributed by atoms with Crippen molar-refractivity contribution in [3.05, 3.63) is 29.8 Å². The van der Waals surface area contributed by atoms with Crippen molar-refractivity contribution in [1.29, 1.82) is 0 Å². The van der Waals surface area contributed by atoms with Crippen LogP contribution in [0, 0.1) is 0 Å². The summed E-state index contributed by atoms with van der Waals surface area (Å²) in [5.74, 6) is 0.0116. The van der Waals surface area contributed by atoms with Gasteiger partial charge in [-0.2, -0.15) is 0 Å². The van der Waals surface area contributed by atoms with Crippen molar-refractivity contribution in [1.82, 2.24) is 4.90 Å². The second-order valence-corrected chi connectivity index (χ2v) is 4.56. The van der Waals surface area contributed by atoms with Gasteiger partial charge in [0.05, 0.1) is 11.7 Å². The number of carbonyl (C=O) groups excluding carboxylic acids is 1. The number of nitrogens with zero attached hydrogens (tertiary/aromatic N) is 1. The molecule has 1 aromatic rings. The number of benzene rings is 1. The lowest BCUT2D eigenvalue weighted by atomic mass is 10.1. The molecule has 4 heteroatoms. The summed E-state index contributed by atoms with van der Waals surface area (Å²) in [6.07, 6.45) is 2.18. The highest BCUT2D eigenvalue weighted by molar-refractivity contribution is 5.99. The van der Waals surface area contributed by atoms with E-state index in [4.69, 9.17) is 10.5 Å². The van der Waals surface area contributed by atoms with Crippen LogP contribution < -0.4 is 5.73 Å². The zero-order valence-corrected chi connectivity index (χ0v) is 10.8. The molecule has 1 aliphatic heterocycles. The van der Waals surface area contributed by atoms with Gasteiger partial charge in [-0.15, -0.1) is 0 Å². The third-order valence-electron chi connectivity index (χ3n) is 3.26. The largest absolute Gasteiger partial charge is 0.398 e. The summed E-state index contributed by atoms with van der Waals surface area (Å²) in [6, 6.07) is 7.22. The number of anilines is 1. The minimum atomic E-state index is 0.0116. The van der Waals surface area contributed by atoms with Gasteiger partial charge in [0.15, 0.2) is 0 Å². The van der Waals surface area contributed by atoms with Crippen LogP contribution in [0.2, 0.25) is 0 Å². The van der Waals surface area contributed by atoms with Crippen LogP contribution in [0.4, 0.5) is 5.69 Å². The minimum Gasteiger partial charge on any atom is -0.398 e. The SMILES string of the molecule is CCOC1CCCN(C(=O)c2ccccc2N)C1. The van der Waals surface area contributed by atoms with E-state index in [2.05, 4.69) is 0 Å². The number of para-hydroxylation sites is 1. The Morgan fingerprint density at radius 1 is 1.50 bits per heavy atom. The molecule has 0 aromatic heterocycles. The number of hydrogen-bond acceptors (Lipinski definition) is 3. The molecule has 4 nitrogen and oxygen atoms in total. The Labute approximate surface area is 108 Å². The van der Waals surface area contributed by atoms with E-state index in [0.717, 1.165) is 19.4 Å². The van der Waals surface area contributed by atoms with Crippen molar-refractivity contribution in [3.63, 3.8) is 0 Å². The molecule has 1 aromatic carbocycles. The molecule has 1 saturated heterocycles. The number of nitrogen functional groups attached to an aromatic ring is 1. The first-order chi connectivity index (χ1) is 8.72. The molecule has 2 rings (SSSR count). The molecular weight excluding hydrogens is 228 g/mol. The molecule has 0 saturated carbocycles. The molecule has 0 spiro atoms. The quantitative estimate of drug-likeness (QED) is 0.831. The van der Waals surface area contributed by atoms with E-state index < -0.39 is 0 Å². The summed E-state index contributed by atoms with van der Waals surface area (Å²) in [6.45, 7) is 4.13. The highest BCUT2D eigenvalue weighted by Crippen LogP contribution is 2.19. The van der Waals surface area contributed by atoms with E-state index >= 15 is 0 Å². The van der Waals surface area contributed by atoms with Crippen LogP contribution in [0.1, 0.15) is 30.1 Å². The first kappa shape index (κ1) is 12.9. The third-order valence-corrected chi connectivity index (χ3v) is 3.26. The average molecular weight is 248 g/mol. The Bertz CT molecular complexity index is 418. The minimum absolute atomic E-state index is 0.0116. The van der Waals surface area contributed by atoms with Gasteiger partial charge in [0.1, 0.15) is 0 Å². The van der Waals surface area contributed by atoms with Crippen LogP contribution in [0.25, 0.3) is 0 Å². The lowest BCUT2D eigenvalue weighted by Crippen LogP contribution is -2.43. The number of likely N-dealkylation sites (tertiary alicyclic amines) is 1. The Balaban J connectivity index is 2.07. The Morgan fingerprint density at radius 2 is 2.28 bits per heavy atom. The van der Waals surface area contributed by atoms with Crippen molar-refractivity contribution in [2.24, 2.45) is 0 Å². The van der Waals surface area contributed by atoms with Crippen molar-refractivity contribution < 1.29 is 9.53 Å². The fraction of sp³-hybridized carbons (Fsp3) is 0.500. The molecule has 1 atom stereocenters. The first-order valence-corrected chi connectivity index (χ1v) is 6.47. The summed E-state index contributed by atoms with van der Waals surface area (Å²) in [5, 5.41) is 0. The zero-order valence-electron chi connectivity index (χ0n) is 10.8. The molecule has 1 unspecified atom stereocenters. The summed E-state index contributed by atoms with van der Waals surface area (Å²) in [4.78, 5) is 14.2. The van der Waals surface area contributed by atoms with Crippen LogP contribution in [0.3, 0.4) is 0 Å². The number of ether oxygens (including phenoxy) is 1. The lowest BCUT2D eigenvalue weighted by Gasteiger charge is -2.32. The Hall–Kier alpha value is -1.55. The van der Waals surface area contributed by atoms with E-state index in [1.165, 1.54) is 0 Å². The van der Waals surface area contributed by atoms with Gasteiger partial charge < -0.3 is 15.4 Å². The zero-order chi connectivity index (χ0) is 13.0. The van der Waals surface area contributed by atoms with Gasteiger partial charge in [-0.25, -0.2) is 0 Å². The van der Waals surface area contributed by atoms with Gasteiger partial charge in [0, 0.05) is 25.4 Å². The molecule has 0 bridgehead atoms. The van der Waals surface area contributed by atoms with Gasteiger partial charge >= 0.3 is 0 Å². The number of hydrogen-bond donors (Lipinski definition) is 1. The number of nitrogens with two attached hydrogens (primary N) is 1. The highest BCUT2D eigenvalue weighted by atomic mass is 16.5. The van der Waals surface area contributed by atoms with Crippen molar-refractivity contribution >= 4 is 11.6 Å². The van der Waals surface area contributed by atoms with Crippen molar-refractivity contribution in [2.75, 3.05) is 25.4 Å². The molecule has 1 amide bonds. The second kappa shape index (κ2) is 5.87. The van der Waals surface area contributed by atoms with Gasteiger partial charge in [0.2, 0.25) is 0 Å². The molecule has 18 heavy (non-hydrogen) atoms. The van der Waals surface area contributed by atoms with Crippen molar-refractivity contribution in [3.8, 4) is 0 Å². The average Bonchev–Trinajstić information content (AvgIpc) is 2.39. The summed E-state index contributed by atoms with van der Waals surface area (Å²) in [7, 11) is 0. The third kappa shape index (κ3) is 2.82. The maximum absolute atomic E-state index is 12.4. The predicted octanol–water partition coefficient (Wildman–Crippen LogP) is 1.91. The van der Waals surface area contributed by atoms with Crippen LogP contribution in [0.5, 0.6) is 0 Å². The first-order valence-electron chi connectivity index (χ1n) is 6.47. The molecule has 0 aliphatic carbocycles. The predicted molar refractivity (Wildman–Crippen MR) is 71.4 cm³/mol. The topological polar surface area (TPSA) is 55.6 Å². The number of carbonyl (C=O) groups is 1. The molecular formula is C14H20N2O2. The summed E-state index contributed by atoms with van der Waals surface area (Å²) >= 11 is 0.